The minimum Gasteiger partial charge on any atom is -0.481 e. The summed E-state index contributed by atoms with van der Waals surface area (Å²) in [6.07, 6.45) is 9.13. The smallest absolute Gasteiger partial charge is 0.305 e. The fourth-order valence-electron chi connectivity index (χ4n) is 4.53. The standard InChI is InChI=1S/C24H30ClNO3/c1-16(2)20-15-26(11-10-23(28)29)22(27)14-24(20,3)19-9-8-18(21(25)13-19)12-17-6-4-5-7-17/h8-9,12-13,15-16H,4-7,10-11,14H2,1-3H3,(H,28,29)/t24-/m0/s1. The predicted octanol–water partition coefficient (Wildman–Crippen LogP) is 5.80. The van der Waals surface area contributed by atoms with Crippen LogP contribution in [0, 0.1) is 5.92 Å². The van der Waals surface area contributed by atoms with Gasteiger partial charge in [0.2, 0.25) is 5.91 Å². The number of carboxylic acids is 1. The quantitative estimate of drug-likeness (QED) is 0.638. The van der Waals surface area contributed by atoms with Crippen LogP contribution in [0.15, 0.2) is 35.5 Å². The third-order valence-electron chi connectivity index (χ3n) is 6.19. The lowest BCUT2D eigenvalue weighted by Gasteiger charge is -2.41. The Bertz CT molecular complexity index is 863. The van der Waals surface area contributed by atoms with Crippen molar-refractivity contribution in [1.29, 1.82) is 0 Å². The van der Waals surface area contributed by atoms with Crippen molar-refractivity contribution >= 4 is 29.6 Å². The maximum absolute atomic E-state index is 12.8. The first-order valence-electron chi connectivity index (χ1n) is 10.4. The molecule has 0 spiro atoms. The molecule has 0 unspecified atom stereocenters. The Hall–Kier alpha value is -2.07. The highest BCUT2D eigenvalue weighted by Gasteiger charge is 2.40. The molecule has 1 aliphatic carbocycles. The first-order chi connectivity index (χ1) is 13.7. The van der Waals surface area contributed by atoms with Crippen LogP contribution in [-0.4, -0.2) is 28.4 Å². The zero-order valence-electron chi connectivity index (χ0n) is 17.5. The first kappa shape index (κ1) is 21.6. The van der Waals surface area contributed by atoms with Gasteiger partial charge in [0, 0.05) is 29.6 Å². The molecule has 1 fully saturated rings. The molecule has 5 heteroatoms. The van der Waals surface area contributed by atoms with Crippen LogP contribution in [-0.2, 0) is 15.0 Å². The van der Waals surface area contributed by atoms with Crippen LogP contribution in [0.5, 0.6) is 0 Å². The highest BCUT2D eigenvalue weighted by molar-refractivity contribution is 6.32. The molecule has 3 rings (SSSR count). The lowest BCUT2D eigenvalue weighted by molar-refractivity contribution is -0.138. The zero-order chi connectivity index (χ0) is 21.2. The summed E-state index contributed by atoms with van der Waals surface area (Å²) in [5, 5.41) is 9.68. The number of halogens is 1. The van der Waals surface area contributed by atoms with Gasteiger partial charge in [-0.15, -0.1) is 0 Å². The molecule has 4 nitrogen and oxygen atoms in total. The Morgan fingerprint density at radius 3 is 2.59 bits per heavy atom. The summed E-state index contributed by atoms with van der Waals surface area (Å²) in [6, 6.07) is 6.15. The van der Waals surface area contributed by atoms with Crippen molar-refractivity contribution in [2.75, 3.05) is 6.54 Å². The lowest BCUT2D eigenvalue weighted by atomic mass is 9.68. The van der Waals surface area contributed by atoms with Crippen molar-refractivity contribution in [2.24, 2.45) is 5.92 Å². The first-order valence-corrected chi connectivity index (χ1v) is 10.8. The van der Waals surface area contributed by atoms with E-state index >= 15 is 0 Å². The number of nitrogens with zero attached hydrogens (tertiary/aromatic N) is 1. The largest absolute Gasteiger partial charge is 0.481 e. The van der Waals surface area contributed by atoms with E-state index in [-0.39, 0.29) is 24.8 Å². The van der Waals surface area contributed by atoms with Crippen molar-refractivity contribution in [3.8, 4) is 0 Å². The van der Waals surface area contributed by atoms with E-state index in [1.165, 1.54) is 18.4 Å². The predicted molar refractivity (Wildman–Crippen MR) is 117 cm³/mol. The normalized spacial score (nSPS) is 22.2. The molecule has 0 saturated heterocycles. The lowest BCUT2D eigenvalue weighted by Crippen LogP contribution is -2.42. The van der Waals surface area contributed by atoms with Crippen LogP contribution < -0.4 is 0 Å². The summed E-state index contributed by atoms with van der Waals surface area (Å²) in [7, 11) is 0. The number of rotatable bonds is 6. The second-order valence-electron chi connectivity index (χ2n) is 8.72. The maximum Gasteiger partial charge on any atom is 0.305 e. The SMILES string of the molecule is CC(C)C1=CN(CCC(=O)O)C(=O)C[C@@]1(C)c1ccc(C=C2CCCC2)c(Cl)c1. The van der Waals surface area contributed by atoms with Crippen molar-refractivity contribution in [3.63, 3.8) is 0 Å². The fourth-order valence-corrected chi connectivity index (χ4v) is 4.76. The van der Waals surface area contributed by atoms with Crippen LogP contribution in [0.25, 0.3) is 6.08 Å². The molecule has 1 saturated carbocycles. The molecule has 1 N–H and O–H groups in total. The number of carboxylic acid groups (broad SMARTS) is 1. The van der Waals surface area contributed by atoms with E-state index in [4.69, 9.17) is 16.7 Å². The number of allylic oxidation sites excluding steroid dienone is 2. The number of hydrogen-bond acceptors (Lipinski definition) is 2. The van der Waals surface area contributed by atoms with Gasteiger partial charge in [0.25, 0.3) is 0 Å². The van der Waals surface area contributed by atoms with Crippen LogP contribution in [0.2, 0.25) is 5.02 Å². The summed E-state index contributed by atoms with van der Waals surface area (Å²) in [4.78, 5) is 25.3. The second kappa shape index (κ2) is 8.74. The van der Waals surface area contributed by atoms with Gasteiger partial charge in [-0.25, -0.2) is 0 Å². The maximum atomic E-state index is 12.8. The van der Waals surface area contributed by atoms with Gasteiger partial charge in [-0.2, -0.15) is 0 Å². The van der Waals surface area contributed by atoms with Crippen LogP contribution in [0.4, 0.5) is 0 Å². The molecule has 0 radical (unpaired) electrons. The van der Waals surface area contributed by atoms with Gasteiger partial charge in [0.1, 0.15) is 0 Å². The molecule has 156 valence electrons. The minimum absolute atomic E-state index is 0.0496. The highest BCUT2D eigenvalue weighted by atomic mass is 35.5. The van der Waals surface area contributed by atoms with Gasteiger partial charge in [0.05, 0.1) is 6.42 Å². The molecule has 0 bridgehead atoms. The number of aliphatic carboxylic acids is 1. The van der Waals surface area contributed by atoms with E-state index in [9.17, 15) is 9.59 Å². The molecule has 1 aliphatic heterocycles. The fraction of sp³-hybridized carbons (Fsp3) is 0.500. The number of carbonyl (C=O) groups excluding carboxylic acids is 1. The molecule has 1 heterocycles. The van der Waals surface area contributed by atoms with E-state index in [2.05, 4.69) is 39.0 Å². The van der Waals surface area contributed by atoms with Crippen LogP contribution in [0.1, 0.15) is 70.4 Å². The van der Waals surface area contributed by atoms with Gasteiger partial charge in [-0.1, -0.05) is 56.2 Å². The monoisotopic (exact) mass is 415 g/mol. The van der Waals surface area contributed by atoms with E-state index in [0.29, 0.717) is 11.4 Å². The van der Waals surface area contributed by atoms with E-state index < -0.39 is 11.4 Å². The van der Waals surface area contributed by atoms with Gasteiger partial charge in [-0.3, -0.25) is 9.59 Å². The summed E-state index contributed by atoms with van der Waals surface area (Å²) >= 11 is 6.64. The zero-order valence-corrected chi connectivity index (χ0v) is 18.3. The second-order valence-corrected chi connectivity index (χ2v) is 9.13. The average Bonchev–Trinajstić information content (AvgIpc) is 3.15. The number of benzene rings is 1. The molecule has 1 aromatic carbocycles. The molecule has 1 atom stereocenters. The number of amides is 1. The Morgan fingerprint density at radius 2 is 2.00 bits per heavy atom. The van der Waals surface area contributed by atoms with Crippen molar-refractivity contribution < 1.29 is 14.7 Å². The topological polar surface area (TPSA) is 57.6 Å². The molecular weight excluding hydrogens is 386 g/mol. The van der Waals surface area contributed by atoms with Gasteiger partial charge in [0.15, 0.2) is 0 Å². The number of hydrogen-bond donors (Lipinski definition) is 1. The Morgan fingerprint density at radius 1 is 1.31 bits per heavy atom. The third-order valence-corrected chi connectivity index (χ3v) is 6.52. The summed E-state index contributed by atoms with van der Waals surface area (Å²) in [6.45, 7) is 6.51. The molecular formula is C24H30ClNO3. The van der Waals surface area contributed by atoms with E-state index in [0.717, 1.165) is 29.5 Å². The third kappa shape index (κ3) is 4.75. The molecule has 1 aromatic rings. The Balaban J connectivity index is 1.94. The molecule has 1 amide bonds. The van der Waals surface area contributed by atoms with Crippen molar-refractivity contribution in [1.82, 2.24) is 4.90 Å². The summed E-state index contributed by atoms with van der Waals surface area (Å²) in [5.74, 6) is -0.727. The Labute approximate surface area is 178 Å². The molecule has 29 heavy (non-hydrogen) atoms. The van der Waals surface area contributed by atoms with Gasteiger partial charge >= 0.3 is 5.97 Å². The summed E-state index contributed by atoms with van der Waals surface area (Å²) < 4.78 is 0. The van der Waals surface area contributed by atoms with Crippen LogP contribution >= 0.6 is 11.6 Å². The van der Waals surface area contributed by atoms with Gasteiger partial charge in [-0.05, 0) is 54.4 Å². The van der Waals surface area contributed by atoms with Crippen molar-refractivity contribution in [3.05, 3.63) is 51.7 Å². The average molecular weight is 416 g/mol. The number of carbonyl (C=O) groups is 2. The van der Waals surface area contributed by atoms with Gasteiger partial charge < -0.3 is 10.0 Å². The van der Waals surface area contributed by atoms with E-state index in [1.54, 1.807) is 4.90 Å². The highest BCUT2D eigenvalue weighted by Crippen LogP contribution is 2.44. The van der Waals surface area contributed by atoms with Crippen molar-refractivity contribution in [2.45, 2.75) is 64.7 Å². The Kier molecular flexibility index (Phi) is 6.52. The molecule has 2 aliphatic rings. The van der Waals surface area contributed by atoms with E-state index in [1.807, 2.05) is 12.3 Å². The minimum atomic E-state index is -0.899. The van der Waals surface area contributed by atoms with Crippen LogP contribution in [0.3, 0.4) is 0 Å². The summed E-state index contributed by atoms with van der Waals surface area (Å²) in [5.41, 5.74) is 4.20. The molecule has 0 aromatic heterocycles.